The number of likely N-dealkylation sites (tertiary alicyclic amines) is 1. The van der Waals surface area contributed by atoms with Crippen LogP contribution in [0.3, 0.4) is 0 Å². The highest BCUT2D eigenvalue weighted by Gasteiger charge is 2.48. The van der Waals surface area contributed by atoms with Gasteiger partial charge in [0, 0.05) is 43.6 Å². The Kier molecular flexibility index (Phi) is 10.1. The first-order valence-corrected chi connectivity index (χ1v) is 16.6. The fourth-order valence-electron chi connectivity index (χ4n) is 9.00. The van der Waals surface area contributed by atoms with E-state index in [9.17, 15) is 22.8 Å². The van der Waals surface area contributed by atoms with Gasteiger partial charge in [-0.2, -0.15) is 13.2 Å². The van der Waals surface area contributed by atoms with Gasteiger partial charge in [0.05, 0.1) is 5.92 Å². The third-order valence-electron chi connectivity index (χ3n) is 11.6. The van der Waals surface area contributed by atoms with Crippen LogP contribution in [0, 0.1) is 41.4 Å². The molecule has 2 N–H and O–H groups in total. The molecule has 2 saturated heterocycles. The van der Waals surface area contributed by atoms with E-state index in [2.05, 4.69) is 29.7 Å². The monoisotopic (exact) mass is 579 g/mol. The first-order valence-electron chi connectivity index (χ1n) is 16.6. The van der Waals surface area contributed by atoms with E-state index in [1.807, 2.05) is 11.9 Å². The number of alkyl halides is 3. The summed E-state index contributed by atoms with van der Waals surface area (Å²) < 4.78 is 39.9. The molecule has 3 saturated carbocycles. The largest absolute Gasteiger partial charge is 0.391 e. The second kappa shape index (κ2) is 13.4. The van der Waals surface area contributed by atoms with Crippen LogP contribution in [0.4, 0.5) is 13.2 Å². The van der Waals surface area contributed by atoms with Crippen LogP contribution in [-0.4, -0.2) is 54.6 Å². The van der Waals surface area contributed by atoms with E-state index in [-0.39, 0.29) is 48.6 Å². The summed E-state index contributed by atoms with van der Waals surface area (Å²) in [5.74, 6) is -0.132. The number of carbonyl (C=O) groups is 2. The number of allylic oxidation sites excluding steroid dienone is 1. The highest BCUT2D eigenvalue weighted by atomic mass is 19.4. The summed E-state index contributed by atoms with van der Waals surface area (Å²) in [6.07, 6.45) is 13.8. The van der Waals surface area contributed by atoms with Gasteiger partial charge in [-0.1, -0.05) is 57.6 Å². The van der Waals surface area contributed by atoms with Crippen LogP contribution in [0.1, 0.15) is 103 Å². The summed E-state index contributed by atoms with van der Waals surface area (Å²) in [6, 6.07) is 0.511. The number of nitrogens with zero attached hydrogens (tertiary/aromatic N) is 1. The van der Waals surface area contributed by atoms with E-state index in [0.29, 0.717) is 30.7 Å². The van der Waals surface area contributed by atoms with Gasteiger partial charge in [0.15, 0.2) is 0 Å². The normalized spacial score (nSPS) is 39.5. The smallest absolute Gasteiger partial charge is 0.353 e. The molecule has 3 aliphatic carbocycles. The van der Waals surface area contributed by atoms with Crippen molar-refractivity contribution >= 4 is 11.8 Å². The molecular weight excluding hydrogens is 527 g/mol. The molecule has 41 heavy (non-hydrogen) atoms. The predicted molar refractivity (Wildman–Crippen MR) is 155 cm³/mol. The zero-order chi connectivity index (χ0) is 29.1. The number of amides is 2. The zero-order valence-electron chi connectivity index (χ0n) is 25.1. The fraction of sp³-hybridized carbons (Fsp3) is 0.879. The lowest BCUT2D eigenvalue weighted by Gasteiger charge is -2.50. The molecule has 0 spiro atoms. The van der Waals surface area contributed by atoms with Crippen LogP contribution in [0.25, 0.3) is 0 Å². The van der Waals surface area contributed by atoms with Crippen LogP contribution >= 0.6 is 0 Å². The number of fused-ring (bicyclic) bond motifs is 1. The number of nitrogens with one attached hydrogen (secondary N) is 2. The minimum atomic E-state index is -4.23. The summed E-state index contributed by atoms with van der Waals surface area (Å²) >= 11 is 0. The van der Waals surface area contributed by atoms with Gasteiger partial charge in [0.25, 0.3) is 0 Å². The molecule has 9 unspecified atom stereocenters. The third kappa shape index (κ3) is 7.51. The Labute approximate surface area is 244 Å². The lowest BCUT2D eigenvalue weighted by atomic mass is 9.65. The van der Waals surface area contributed by atoms with E-state index in [1.54, 1.807) is 0 Å². The van der Waals surface area contributed by atoms with Crippen molar-refractivity contribution in [3.05, 3.63) is 12.2 Å². The average Bonchev–Trinajstić information content (AvgIpc) is 2.96. The Bertz CT molecular complexity index is 933. The highest BCUT2D eigenvalue weighted by molar-refractivity contribution is 5.81. The molecule has 2 aliphatic heterocycles. The topological polar surface area (TPSA) is 61.4 Å². The molecule has 0 aromatic carbocycles. The number of hydrogen-bond donors (Lipinski definition) is 2. The van der Waals surface area contributed by atoms with E-state index in [0.717, 1.165) is 44.6 Å². The van der Waals surface area contributed by atoms with Crippen molar-refractivity contribution in [1.29, 1.82) is 0 Å². The van der Waals surface area contributed by atoms with Crippen molar-refractivity contribution < 1.29 is 22.8 Å². The molecule has 0 radical (unpaired) electrons. The maximum Gasteiger partial charge on any atom is 0.391 e. The SMILES string of the molecule is CC1CCC(NC(=O)C2CCCC(C(F)(F)F)C2)CC1C1CC2CNC(/C=C\CC3CCCCC3)CC2N(C)C1=O. The second-order valence-corrected chi connectivity index (χ2v) is 14.3. The van der Waals surface area contributed by atoms with E-state index < -0.39 is 18.0 Å². The summed E-state index contributed by atoms with van der Waals surface area (Å²) in [4.78, 5) is 28.8. The molecule has 9 atom stereocenters. The van der Waals surface area contributed by atoms with Crippen LogP contribution in [0.5, 0.6) is 0 Å². The Balaban J connectivity index is 1.14. The second-order valence-electron chi connectivity index (χ2n) is 14.3. The van der Waals surface area contributed by atoms with Crippen molar-refractivity contribution in [1.82, 2.24) is 15.5 Å². The van der Waals surface area contributed by atoms with Crippen LogP contribution in [0.2, 0.25) is 0 Å². The first-order chi connectivity index (χ1) is 19.6. The summed E-state index contributed by atoms with van der Waals surface area (Å²) in [5, 5.41) is 6.88. The Morgan fingerprint density at radius 3 is 2.54 bits per heavy atom. The van der Waals surface area contributed by atoms with Crippen molar-refractivity contribution in [2.75, 3.05) is 13.6 Å². The first kappa shape index (κ1) is 30.9. The molecular formula is C33H52F3N3O2. The molecule has 0 aromatic heterocycles. The number of carbonyl (C=O) groups excluding carboxylic acids is 2. The van der Waals surface area contributed by atoms with Gasteiger partial charge in [-0.3, -0.25) is 9.59 Å². The molecule has 8 heteroatoms. The standard InChI is InChI=1S/C33H52F3N3O2/c1-21-14-15-27(38-31(40)23-11-7-12-25(16-23)33(34,35)36)18-28(21)29-17-24-20-37-26(19-30(24)39(2)32(29)41)13-6-10-22-8-4-3-5-9-22/h6,13,21-30,37H,3-5,7-12,14-20H2,1-2H3,(H,38,40)/b13-6-. The van der Waals surface area contributed by atoms with Gasteiger partial charge < -0.3 is 15.5 Å². The van der Waals surface area contributed by atoms with Crippen molar-refractivity contribution in [2.24, 2.45) is 41.4 Å². The predicted octanol–water partition coefficient (Wildman–Crippen LogP) is 6.63. The molecule has 5 nitrogen and oxygen atoms in total. The van der Waals surface area contributed by atoms with Gasteiger partial charge in [0.1, 0.15) is 0 Å². The van der Waals surface area contributed by atoms with Crippen molar-refractivity contribution in [3.63, 3.8) is 0 Å². The van der Waals surface area contributed by atoms with E-state index in [1.165, 1.54) is 38.5 Å². The number of halogens is 3. The average molecular weight is 580 g/mol. The Morgan fingerprint density at radius 2 is 1.78 bits per heavy atom. The number of rotatable bonds is 6. The number of piperidine rings is 2. The molecule has 5 fully saturated rings. The quantitative estimate of drug-likeness (QED) is 0.348. The lowest BCUT2D eigenvalue weighted by Crippen LogP contribution is -2.60. The van der Waals surface area contributed by atoms with Crippen molar-refractivity contribution in [2.45, 2.75) is 128 Å². The minimum Gasteiger partial charge on any atom is -0.353 e. The molecule has 2 heterocycles. The summed E-state index contributed by atoms with van der Waals surface area (Å²) in [6.45, 7) is 3.14. The van der Waals surface area contributed by atoms with E-state index in [4.69, 9.17) is 0 Å². The molecule has 0 bridgehead atoms. The van der Waals surface area contributed by atoms with Gasteiger partial charge in [-0.25, -0.2) is 0 Å². The van der Waals surface area contributed by atoms with Crippen molar-refractivity contribution in [3.8, 4) is 0 Å². The van der Waals surface area contributed by atoms with Gasteiger partial charge in [-0.15, -0.1) is 0 Å². The third-order valence-corrected chi connectivity index (χ3v) is 11.6. The summed E-state index contributed by atoms with van der Waals surface area (Å²) in [7, 11) is 1.98. The van der Waals surface area contributed by atoms with Gasteiger partial charge in [0.2, 0.25) is 11.8 Å². The van der Waals surface area contributed by atoms with Crippen LogP contribution in [0.15, 0.2) is 12.2 Å². The van der Waals surface area contributed by atoms with Gasteiger partial charge >= 0.3 is 6.18 Å². The molecule has 2 amide bonds. The summed E-state index contributed by atoms with van der Waals surface area (Å²) in [5.41, 5.74) is 0. The lowest BCUT2D eigenvalue weighted by molar-refractivity contribution is -0.186. The maximum atomic E-state index is 13.8. The minimum absolute atomic E-state index is 0.0552. The van der Waals surface area contributed by atoms with Crippen LogP contribution in [-0.2, 0) is 9.59 Å². The molecule has 232 valence electrons. The van der Waals surface area contributed by atoms with Gasteiger partial charge in [-0.05, 0) is 81.5 Å². The molecule has 5 aliphatic rings. The van der Waals surface area contributed by atoms with Crippen LogP contribution < -0.4 is 10.6 Å². The maximum absolute atomic E-state index is 13.8. The highest BCUT2D eigenvalue weighted by Crippen LogP contribution is 2.44. The molecule has 5 rings (SSSR count). The number of hydrogen-bond acceptors (Lipinski definition) is 3. The molecule has 0 aromatic rings. The van der Waals surface area contributed by atoms with E-state index >= 15 is 0 Å². The fourth-order valence-corrected chi connectivity index (χ4v) is 9.00. The Morgan fingerprint density at radius 1 is 1.00 bits per heavy atom. The Hall–Kier alpha value is -1.57. The zero-order valence-corrected chi connectivity index (χ0v) is 25.1.